The monoisotopic (exact) mass is 187 g/mol. The number of nitrogens with one attached hydrogen (secondary N) is 1. The second kappa shape index (κ2) is 2.67. The van der Waals surface area contributed by atoms with Gasteiger partial charge in [-0.25, -0.2) is 0 Å². The molecule has 0 fully saturated rings. The molecule has 0 aliphatic carbocycles. The quantitative estimate of drug-likeness (QED) is 0.718. The predicted molar refractivity (Wildman–Crippen MR) is 44.7 cm³/mol. The van der Waals surface area contributed by atoms with Gasteiger partial charge in [-0.15, -0.1) is 11.3 Å². The van der Waals surface area contributed by atoms with E-state index in [1.165, 1.54) is 6.26 Å². The van der Waals surface area contributed by atoms with E-state index in [-0.39, 0.29) is 0 Å². The van der Waals surface area contributed by atoms with Crippen LogP contribution >= 0.6 is 11.3 Å². The third-order valence-electron chi connectivity index (χ3n) is 1.23. The molecule has 2 heterocycles. The van der Waals surface area contributed by atoms with Crippen LogP contribution in [0.5, 0.6) is 0 Å². The normalized spacial score (nSPS) is 22.2. The lowest BCUT2D eigenvalue weighted by molar-refractivity contribution is 0.517. The van der Waals surface area contributed by atoms with Crippen LogP contribution in [0.4, 0.5) is 0 Å². The molecule has 3 nitrogen and oxygen atoms in total. The molecule has 0 saturated carbocycles. The van der Waals surface area contributed by atoms with Gasteiger partial charge in [0, 0.05) is 0 Å². The third-order valence-corrected chi connectivity index (χ3v) is 2.79. The lowest BCUT2D eigenvalue weighted by Gasteiger charge is -1.92. The van der Waals surface area contributed by atoms with Crippen LogP contribution in [0.2, 0.25) is 0 Å². The van der Waals surface area contributed by atoms with Gasteiger partial charge >= 0.3 is 11.3 Å². The smallest absolute Gasteiger partial charge is 0.315 e. The first-order valence-electron chi connectivity index (χ1n) is 2.96. The minimum absolute atomic E-state index is 0.790. The molecule has 1 aliphatic heterocycles. The molecule has 2 rings (SSSR count). The summed E-state index contributed by atoms with van der Waals surface area (Å²) in [5, 5.41) is 1.96. The Hall–Kier alpha value is -0.810. The van der Waals surface area contributed by atoms with Crippen molar-refractivity contribution in [3.05, 3.63) is 28.7 Å². The Balaban J connectivity index is 2.26. The Morgan fingerprint density at radius 2 is 2.55 bits per heavy atom. The Bertz CT molecular complexity index is 304. The maximum absolute atomic E-state index is 10.7. The van der Waals surface area contributed by atoms with Crippen molar-refractivity contribution in [2.75, 3.05) is 0 Å². The minimum atomic E-state index is -1.37. The van der Waals surface area contributed by atoms with E-state index in [1.807, 2.05) is 17.5 Å². The molecule has 11 heavy (non-hydrogen) atoms. The number of thiophene rings is 1. The first-order valence-corrected chi connectivity index (χ1v) is 4.91. The first-order chi connectivity index (χ1) is 5.36. The molecule has 0 amide bonds. The van der Waals surface area contributed by atoms with Gasteiger partial charge in [-0.05, 0) is 11.4 Å². The van der Waals surface area contributed by atoms with Gasteiger partial charge in [-0.2, -0.15) is 4.21 Å². The summed E-state index contributed by atoms with van der Waals surface area (Å²) in [6.07, 6.45) is 1.47. The summed E-state index contributed by atoms with van der Waals surface area (Å²) in [7, 11) is 0. The van der Waals surface area contributed by atoms with Crippen LogP contribution in [0.3, 0.4) is 0 Å². The zero-order valence-corrected chi connectivity index (χ0v) is 7.08. The molecular weight excluding hydrogens is 182 g/mol. The highest BCUT2D eigenvalue weighted by molar-refractivity contribution is 7.78. The molecule has 1 aromatic rings. The summed E-state index contributed by atoms with van der Waals surface area (Å²) in [5.74, 6) is 0. The van der Waals surface area contributed by atoms with Crippen molar-refractivity contribution in [3.8, 4) is 0 Å². The van der Waals surface area contributed by atoms with Crippen LogP contribution in [0.25, 0.3) is 5.70 Å². The summed E-state index contributed by atoms with van der Waals surface area (Å²) in [5.41, 5.74) is 0.790. The van der Waals surface area contributed by atoms with E-state index in [1.54, 1.807) is 11.3 Å². The zero-order chi connectivity index (χ0) is 7.68. The number of rotatable bonds is 1. The van der Waals surface area contributed by atoms with Crippen LogP contribution in [0, 0.1) is 0 Å². The topological polar surface area (TPSA) is 38.3 Å². The Morgan fingerprint density at radius 1 is 1.64 bits per heavy atom. The second-order valence-electron chi connectivity index (χ2n) is 1.94. The maximum Gasteiger partial charge on any atom is 0.315 e. The standard InChI is InChI=1S/C6H5NO2S2/c8-11-7-5(4-9-11)6-2-1-3-10-6/h1-4,7H. The van der Waals surface area contributed by atoms with Crippen molar-refractivity contribution >= 4 is 28.3 Å². The second-order valence-corrected chi connectivity index (χ2v) is 3.76. The fourth-order valence-electron chi connectivity index (χ4n) is 0.770. The molecule has 0 aromatic carbocycles. The highest BCUT2D eigenvalue weighted by Crippen LogP contribution is 2.21. The van der Waals surface area contributed by atoms with E-state index in [0.717, 1.165) is 10.6 Å². The van der Waals surface area contributed by atoms with Crippen molar-refractivity contribution in [1.29, 1.82) is 0 Å². The van der Waals surface area contributed by atoms with E-state index in [4.69, 9.17) is 4.18 Å². The van der Waals surface area contributed by atoms with Crippen molar-refractivity contribution in [2.24, 2.45) is 0 Å². The van der Waals surface area contributed by atoms with Crippen LogP contribution in [-0.4, -0.2) is 4.21 Å². The van der Waals surface area contributed by atoms with Gasteiger partial charge < -0.3 is 4.18 Å². The molecule has 0 spiro atoms. The SMILES string of the molecule is O=S1NC(c2cccs2)=CO1. The van der Waals surface area contributed by atoms with E-state index < -0.39 is 11.3 Å². The van der Waals surface area contributed by atoms with Crippen molar-refractivity contribution < 1.29 is 8.39 Å². The Morgan fingerprint density at radius 3 is 3.09 bits per heavy atom. The Kier molecular flexibility index (Phi) is 1.67. The van der Waals surface area contributed by atoms with Gasteiger partial charge in [0.1, 0.15) is 12.0 Å². The maximum atomic E-state index is 10.7. The van der Waals surface area contributed by atoms with E-state index >= 15 is 0 Å². The minimum Gasteiger partial charge on any atom is -0.391 e. The van der Waals surface area contributed by atoms with Crippen LogP contribution in [0.1, 0.15) is 4.88 Å². The third kappa shape index (κ3) is 1.29. The molecule has 1 aliphatic rings. The summed E-state index contributed by atoms with van der Waals surface area (Å²) >= 11 is 0.204. The molecule has 1 aromatic heterocycles. The van der Waals surface area contributed by atoms with Crippen LogP contribution < -0.4 is 4.72 Å². The molecule has 1 atom stereocenters. The van der Waals surface area contributed by atoms with Gasteiger partial charge in [0.2, 0.25) is 0 Å². The Labute approximate surface area is 70.5 Å². The highest BCUT2D eigenvalue weighted by Gasteiger charge is 2.13. The molecule has 0 radical (unpaired) electrons. The molecule has 0 bridgehead atoms. The zero-order valence-electron chi connectivity index (χ0n) is 5.44. The van der Waals surface area contributed by atoms with Crippen molar-refractivity contribution in [1.82, 2.24) is 4.72 Å². The lowest BCUT2D eigenvalue weighted by Crippen LogP contribution is -2.07. The summed E-state index contributed by atoms with van der Waals surface area (Å²) in [4.78, 5) is 1.04. The van der Waals surface area contributed by atoms with E-state index in [2.05, 4.69) is 4.72 Å². The van der Waals surface area contributed by atoms with Gasteiger partial charge in [-0.1, -0.05) is 6.07 Å². The van der Waals surface area contributed by atoms with Crippen molar-refractivity contribution in [3.63, 3.8) is 0 Å². The lowest BCUT2D eigenvalue weighted by atomic mass is 10.4. The fourth-order valence-corrected chi connectivity index (χ4v) is 2.09. The first kappa shape index (κ1) is 6.87. The molecule has 0 saturated heterocycles. The fraction of sp³-hybridized carbons (Fsp3) is 0. The molecule has 5 heteroatoms. The average molecular weight is 187 g/mol. The average Bonchev–Trinajstić information content (AvgIpc) is 2.55. The summed E-state index contributed by atoms with van der Waals surface area (Å²) in [6, 6.07) is 3.87. The summed E-state index contributed by atoms with van der Waals surface area (Å²) < 4.78 is 18.1. The largest absolute Gasteiger partial charge is 0.391 e. The van der Waals surface area contributed by atoms with Gasteiger partial charge in [0.05, 0.1) is 4.88 Å². The van der Waals surface area contributed by atoms with E-state index in [0.29, 0.717) is 0 Å². The van der Waals surface area contributed by atoms with Crippen molar-refractivity contribution in [2.45, 2.75) is 0 Å². The summed E-state index contributed by atoms with van der Waals surface area (Å²) in [6.45, 7) is 0. The molecular formula is C6H5NO2S2. The number of hydrogen-bond donors (Lipinski definition) is 1. The molecule has 1 N–H and O–H groups in total. The molecule has 58 valence electrons. The van der Waals surface area contributed by atoms with Gasteiger partial charge in [0.15, 0.2) is 0 Å². The van der Waals surface area contributed by atoms with Crippen LogP contribution in [0.15, 0.2) is 23.8 Å². The van der Waals surface area contributed by atoms with Gasteiger partial charge in [-0.3, -0.25) is 4.72 Å². The van der Waals surface area contributed by atoms with Gasteiger partial charge in [0.25, 0.3) is 0 Å². The highest BCUT2D eigenvalue weighted by atomic mass is 32.2. The van der Waals surface area contributed by atoms with Crippen LogP contribution in [-0.2, 0) is 15.4 Å². The predicted octanol–water partition coefficient (Wildman–Crippen LogP) is 1.25. The number of hydrogen-bond acceptors (Lipinski definition) is 3. The molecule has 1 unspecified atom stereocenters. The van der Waals surface area contributed by atoms with E-state index in [9.17, 15) is 4.21 Å².